The van der Waals surface area contributed by atoms with Crippen LogP contribution in [0.4, 0.5) is 18.0 Å². The summed E-state index contributed by atoms with van der Waals surface area (Å²) in [7, 11) is -2.61. The van der Waals surface area contributed by atoms with Crippen LogP contribution in [0.3, 0.4) is 0 Å². The zero-order valence-electron chi connectivity index (χ0n) is 15.2. The molecule has 142 valence electrons. The maximum atomic E-state index is 13.9. The molecule has 0 N–H and O–H groups in total. The van der Waals surface area contributed by atoms with Crippen LogP contribution in [-0.2, 0) is 13.9 Å². The summed E-state index contributed by atoms with van der Waals surface area (Å²) in [5.41, 5.74) is 0. The Hall–Kier alpha value is -0.803. The summed E-state index contributed by atoms with van der Waals surface area (Å²) in [6.07, 6.45) is -4.08. The Morgan fingerprint density at radius 1 is 1.38 bits per heavy atom. The monoisotopic (exact) mass is 371 g/mol. The molecule has 5 nitrogen and oxygen atoms in total. The molecule has 9 heteroatoms. The van der Waals surface area contributed by atoms with Gasteiger partial charge in [0, 0.05) is 0 Å². The molecular weight excluding hydrogens is 343 g/mol. The molecule has 0 radical (unpaired) electrons. The summed E-state index contributed by atoms with van der Waals surface area (Å²) >= 11 is 0. The maximum absolute atomic E-state index is 13.9. The van der Waals surface area contributed by atoms with Crippen molar-refractivity contribution in [3.8, 4) is 0 Å². The molecule has 2 unspecified atom stereocenters. The second kappa shape index (κ2) is 7.61. The molecule has 0 aromatic carbocycles. The van der Waals surface area contributed by atoms with Crippen LogP contribution < -0.4 is 0 Å². The Morgan fingerprint density at radius 3 is 2.38 bits per heavy atom. The van der Waals surface area contributed by atoms with Crippen LogP contribution in [0, 0.1) is 5.92 Å². The molecule has 1 fully saturated rings. The Kier molecular flexibility index (Phi) is 6.74. The molecule has 0 spiro atoms. The first kappa shape index (κ1) is 21.2. The second-order valence-corrected chi connectivity index (χ2v) is 11.7. The minimum atomic E-state index is -4.76. The lowest BCUT2D eigenvalue weighted by Crippen LogP contribution is -2.63. The second-order valence-electron chi connectivity index (χ2n) is 7.28. The van der Waals surface area contributed by atoms with Crippen LogP contribution in [0.1, 0.15) is 33.6 Å². The van der Waals surface area contributed by atoms with Gasteiger partial charge in [-0.3, -0.25) is 4.90 Å². The van der Waals surface area contributed by atoms with E-state index < -0.39 is 45.1 Å². The molecule has 1 amide bonds. The highest BCUT2D eigenvalue weighted by Gasteiger charge is 2.69. The first-order chi connectivity index (χ1) is 10.9. The highest BCUT2D eigenvalue weighted by atomic mass is 28.4. The molecule has 1 heterocycles. The maximum Gasteiger partial charge on any atom is 0.444 e. The van der Waals surface area contributed by atoms with Crippen LogP contribution in [0.5, 0.6) is 0 Å². The zero-order chi connectivity index (χ0) is 18.8. The standard InChI is InChI=1S/C15H28F3NO4Si/c1-7-8-9-21-13(20)19-10-22-14(15(16,17)18,12(19)11(2)3)23-24(4,5)6/h11-12H,7-10H2,1-6H3. The van der Waals surface area contributed by atoms with Gasteiger partial charge in [0.05, 0.1) is 6.61 Å². The predicted octanol–water partition coefficient (Wildman–Crippen LogP) is 4.35. The average Bonchev–Trinajstić information content (AvgIpc) is 2.77. The van der Waals surface area contributed by atoms with Crippen molar-refractivity contribution in [1.82, 2.24) is 4.90 Å². The van der Waals surface area contributed by atoms with E-state index in [4.69, 9.17) is 13.9 Å². The first-order valence-corrected chi connectivity index (χ1v) is 11.6. The zero-order valence-corrected chi connectivity index (χ0v) is 16.2. The topological polar surface area (TPSA) is 48.0 Å². The van der Waals surface area contributed by atoms with E-state index in [9.17, 15) is 18.0 Å². The number of rotatable bonds is 6. The number of carbonyl (C=O) groups excluding carboxylic acids is 1. The van der Waals surface area contributed by atoms with E-state index >= 15 is 0 Å². The number of halogens is 3. The summed E-state index contributed by atoms with van der Waals surface area (Å²) in [5.74, 6) is -3.33. The van der Waals surface area contributed by atoms with Crippen LogP contribution >= 0.6 is 0 Å². The van der Waals surface area contributed by atoms with Gasteiger partial charge in [0.1, 0.15) is 12.8 Å². The molecule has 0 saturated carbocycles. The van der Waals surface area contributed by atoms with E-state index in [1.807, 2.05) is 6.92 Å². The summed E-state index contributed by atoms with van der Waals surface area (Å²) in [6.45, 7) is 9.79. The fourth-order valence-corrected chi connectivity index (χ4v) is 3.95. The molecule has 1 aliphatic rings. The minimum absolute atomic E-state index is 0.171. The average molecular weight is 371 g/mol. The molecular formula is C15H28F3NO4Si. The molecule has 24 heavy (non-hydrogen) atoms. The van der Waals surface area contributed by atoms with Crippen molar-refractivity contribution in [2.45, 2.75) is 71.3 Å². The van der Waals surface area contributed by atoms with E-state index in [2.05, 4.69) is 0 Å². The molecule has 1 aliphatic heterocycles. The van der Waals surface area contributed by atoms with E-state index in [-0.39, 0.29) is 6.61 Å². The van der Waals surface area contributed by atoms with Gasteiger partial charge >= 0.3 is 12.3 Å². The molecule has 0 aromatic heterocycles. The SMILES string of the molecule is CCCCOC(=O)N1COC(O[Si](C)(C)C)(C(F)(F)F)C1C(C)C. The predicted molar refractivity (Wildman–Crippen MR) is 85.9 cm³/mol. The lowest BCUT2D eigenvalue weighted by Gasteiger charge is -2.42. The lowest BCUT2D eigenvalue weighted by atomic mass is 9.94. The molecule has 1 rings (SSSR count). The summed E-state index contributed by atoms with van der Waals surface area (Å²) < 4.78 is 57.3. The third-order valence-electron chi connectivity index (χ3n) is 3.59. The van der Waals surface area contributed by atoms with Gasteiger partial charge < -0.3 is 13.9 Å². The number of ether oxygens (including phenoxy) is 2. The van der Waals surface area contributed by atoms with E-state index in [1.54, 1.807) is 33.5 Å². The van der Waals surface area contributed by atoms with Crippen LogP contribution in [-0.4, -0.2) is 50.7 Å². The number of hydrogen-bond acceptors (Lipinski definition) is 4. The van der Waals surface area contributed by atoms with Crippen molar-refractivity contribution in [3.05, 3.63) is 0 Å². The molecule has 1 saturated heterocycles. The third-order valence-corrected chi connectivity index (χ3v) is 4.50. The molecule has 0 aliphatic carbocycles. The van der Waals surface area contributed by atoms with Gasteiger partial charge in [0.2, 0.25) is 0 Å². The number of carbonyl (C=O) groups is 1. The van der Waals surface area contributed by atoms with E-state index in [0.29, 0.717) is 6.42 Å². The van der Waals surface area contributed by atoms with Crippen molar-refractivity contribution in [1.29, 1.82) is 0 Å². The van der Waals surface area contributed by atoms with Crippen molar-refractivity contribution in [2.24, 2.45) is 5.92 Å². The third kappa shape index (κ3) is 4.63. The summed E-state index contributed by atoms with van der Waals surface area (Å²) in [4.78, 5) is 13.2. The van der Waals surface area contributed by atoms with Crippen molar-refractivity contribution in [3.63, 3.8) is 0 Å². The highest BCUT2D eigenvalue weighted by molar-refractivity contribution is 6.69. The Labute approximate surface area is 142 Å². The number of nitrogens with zero attached hydrogens (tertiary/aromatic N) is 1. The minimum Gasteiger partial charge on any atom is -0.449 e. The number of amides is 1. The van der Waals surface area contributed by atoms with Gasteiger partial charge in [0.15, 0.2) is 8.32 Å². The normalized spacial score (nSPS) is 25.4. The smallest absolute Gasteiger partial charge is 0.444 e. The van der Waals surface area contributed by atoms with Crippen LogP contribution in [0.25, 0.3) is 0 Å². The van der Waals surface area contributed by atoms with Crippen molar-refractivity contribution in [2.75, 3.05) is 13.3 Å². The van der Waals surface area contributed by atoms with Gasteiger partial charge in [-0.2, -0.15) is 13.2 Å². The molecule has 0 bridgehead atoms. The van der Waals surface area contributed by atoms with Crippen LogP contribution in [0.2, 0.25) is 19.6 Å². The number of hydrogen-bond donors (Lipinski definition) is 0. The van der Waals surface area contributed by atoms with Gasteiger partial charge in [-0.1, -0.05) is 27.2 Å². The van der Waals surface area contributed by atoms with Gasteiger partial charge in [-0.05, 0) is 32.0 Å². The quantitative estimate of drug-likeness (QED) is 0.514. The Bertz CT molecular complexity index is 439. The fourth-order valence-electron chi connectivity index (χ4n) is 2.74. The fraction of sp³-hybridized carbons (Fsp3) is 0.933. The van der Waals surface area contributed by atoms with Gasteiger partial charge in [0.25, 0.3) is 5.79 Å². The highest BCUT2D eigenvalue weighted by Crippen LogP contribution is 2.47. The lowest BCUT2D eigenvalue weighted by molar-refractivity contribution is -0.348. The summed E-state index contributed by atoms with van der Waals surface area (Å²) in [6, 6.07) is -1.29. The van der Waals surface area contributed by atoms with E-state index in [1.165, 1.54) is 0 Å². The van der Waals surface area contributed by atoms with Gasteiger partial charge in [-0.25, -0.2) is 4.79 Å². The molecule has 2 atom stereocenters. The number of alkyl halides is 3. The Morgan fingerprint density at radius 2 is 1.96 bits per heavy atom. The number of unbranched alkanes of at least 4 members (excludes halogenated alkanes) is 1. The summed E-state index contributed by atoms with van der Waals surface area (Å²) in [5, 5.41) is 0. The van der Waals surface area contributed by atoms with Crippen LogP contribution in [0.15, 0.2) is 0 Å². The molecule has 0 aromatic rings. The van der Waals surface area contributed by atoms with E-state index in [0.717, 1.165) is 11.3 Å². The van der Waals surface area contributed by atoms with Crippen molar-refractivity contribution < 1.29 is 31.9 Å². The largest absolute Gasteiger partial charge is 0.449 e. The Balaban J connectivity index is 3.15. The van der Waals surface area contributed by atoms with Crippen molar-refractivity contribution >= 4 is 14.4 Å². The van der Waals surface area contributed by atoms with Gasteiger partial charge in [-0.15, -0.1) is 0 Å². The first-order valence-electron chi connectivity index (χ1n) is 8.20.